The summed E-state index contributed by atoms with van der Waals surface area (Å²) in [4.78, 5) is 2.46. The molecule has 0 aliphatic carbocycles. The van der Waals surface area contributed by atoms with Crippen molar-refractivity contribution in [3.63, 3.8) is 0 Å². The van der Waals surface area contributed by atoms with Crippen LogP contribution in [0.4, 0.5) is 17.1 Å². The number of benzene rings is 7. The van der Waals surface area contributed by atoms with E-state index in [1.54, 1.807) is 0 Å². The van der Waals surface area contributed by atoms with Gasteiger partial charge in [-0.05, 0) is 64.7 Å². The fourth-order valence-electron chi connectivity index (χ4n) is 6.58. The van der Waals surface area contributed by atoms with Crippen LogP contribution in [0.15, 0.2) is 164 Å². The molecule has 0 N–H and O–H groups in total. The van der Waals surface area contributed by atoms with Gasteiger partial charge in [-0.3, -0.25) is 0 Å². The highest BCUT2D eigenvalue weighted by atomic mass is 32.1. The van der Waals surface area contributed by atoms with Crippen molar-refractivity contribution in [2.24, 2.45) is 0 Å². The Kier molecular flexibility index (Phi) is 6.26. The molecule has 45 heavy (non-hydrogen) atoms. The maximum Gasteiger partial charge on any atom is 0.0640 e. The van der Waals surface area contributed by atoms with Crippen molar-refractivity contribution in [2.45, 2.75) is 0 Å². The summed E-state index contributed by atoms with van der Waals surface area (Å²) in [5.41, 5.74) is 8.41. The molecule has 0 saturated carbocycles. The summed E-state index contributed by atoms with van der Waals surface area (Å²) in [6.07, 6.45) is 0. The lowest BCUT2D eigenvalue weighted by atomic mass is 9.98. The highest BCUT2D eigenvalue weighted by molar-refractivity contribution is 7.26. The molecule has 2 aromatic heterocycles. The van der Waals surface area contributed by atoms with Crippen LogP contribution in [0.5, 0.6) is 0 Å². The van der Waals surface area contributed by atoms with Gasteiger partial charge >= 0.3 is 0 Å². The van der Waals surface area contributed by atoms with Crippen molar-refractivity contribution in [3.05, 3.63) is 164 Å². The normalized spacial score (nSPS) is 11.6. The lowest BCUT2D eigenvalue weighted by Crippen LogP contribution is -2.10. The molecular formula is C42H27NS2. The van der Waals surface area contributed by atoms with Gasteiger partial charge in [-0.15, -0.1) is 22.7 Å². The summed E-state index contributed by atoms with van der Waals surface area (Å²) >= 11 is 3.75. The molecule has 9 rings (SSSR count). The summed E-state index contributed by atoms with van der Waals surface area (Å²) in [5.74, 6) is 0. The van der Waals surface area contributed by atoms with Crippen LogP contribution in [0.25, 0.3) is 62.6 Å². The maximum absolute atomic E-state index is 2.46. The average molecular weight is 610 g/mol. The molecule has 0 aliphatic heterocycles. The Hall–Kier alpha value is -5.22. The van der Waals surface area contributed by atoms with Crippen LogP contribution in [-0.4, -0.2) is 0 Å². The Balaban J connectivity index is 1.33. The van der Waals surface area contributed by atoms with Crippen LogP contribution < -0.4 is 4.90 Å². The van der Waals surface area contributed by atoms with Gasteiger partial charge in [0.05, 0.1) is 10.4 Å². The summed E-state index contributed by atoms with van der Waals surface area (Å²) < 4.78 is 5.21. The number of anilines is 3. The minimum absolute atomic E-state index is 1.14. The van der Waals surface area contributed by atoms with Gasteiger partial charge in [0.2, 0.25) is 0 Å². The Morgan fingerprint density at radius 3 is 1.80 bits per heavy atom. The zero-order valence-corrected chi connectivity index (χ0v) is 26.0. The van der Waals surface area contributed by atoms with Gasteiger partial charge in [0.25, 0.3) is 0 Å². The number of fused-ring (bicyclic) bond motifs is 6. The molecule has 0 unspecified atom stereocenters. The van der Waals surface area contributed by atoms with Gasteiger partial charge in [0, 0.05) is 47.0 Å². The van der Waals surface area contributed by atoms with E-state index in [0.29, 0.717) is 0 Å². The molecule has 3 heteroatoms. The smallest absolute Gasteiger partial charge is 0.0640 e. The highest BCUT2D eigenvalue weighted by Crippen LogP contribution is 2.49. The summed E-state index contributed by atoms with van der Waals surface area (Å²) in [5, 5.41) is 5.24. The van der Waals surface area contributed by atoms with Crippen LogP contribution >= 0.6 is 22.7 Å². The molecule has 0 amide bonds. The molecule has 7 aromatic carbocycles. The Morgan fingerprint density at radius 1 is 0.378 bits per heavy atom. The first-order valence-electron chi connectivity index (χ1n) is 15.2. The lowest BCUT2D eigenvalue weighted by Gasteiger charge is -2.27. The third kappa shape index (κ3) is 4.43. The standard InChI is InChI=1S/C42H27NS2/c1-3-12-28(13-4-1)30-16-11-17-31(26-30)43(32-22-23-35-34-18-7-9-20-38(34)44-40(35)27-32)37-25-24-33(29-14-5-2-6-15-29)41-36-19-8-10-21-39(36)45-42(37)41/h1-27H. The van der Waals surface area contributed by atoms with Crippen LogP contribution in [-0.2, 0) is 0 Å². The number of hydrogen-bond acceptors (Lipinski definition) is 3. The first-order valence-corrected chi connectivity index (χ1v) is 16.8. The van der Waals surface area contributed by atoms with Crippen molar-refractivity contribution < 1.29 is 0 Å². The molecule has 2 heterocycles. The predicted molar refractivity (Wildman–Crippen MR) is 198 cm³/mol. The topological polar surface area (TPSA) is 3.24 Å². The molecule has 0 bridgehead atoms. The fourth-order valence-corrected chi connectivity index (χ4v) is 8.96. The number of thiophene rings is 2. The van der Waals surface area contributed by atoms with E-state index in [0.717, 1.165) is 11.4 Å². The first-order chi connectivity index (χ1) is 22.3. The molecule has 9 aromatic rings. The predicted octanol–water partition coefficient (Wildman–Crippen LogP) is 13.2. The minimum Gasteiger partial charge on any atom is -0.309 e. The lowest BCUT2D eigenvalue weighted by molar-refractivity contribution is 1.31. The van der Waals surface area contributed by atoms with Gasteiger partial charge in [-0.1, -0.05) is 121 Å². The molecule has 1 nitrogen and oxygen atoms in total. The summed E-state index contributed by atoms with van der Waals surface area (Å²) in [6, 6.07) is 59.6. The van der Waals surface area contributed by atoms with E-state index in [1.165, 1.54) is 68.3 Å². The fraction of sp³-hybridized carbons (Fsp3) is 0. The van der Waals surface area contributed by atoms with Gasteiger partial charge in [0.15, 0.2) is 0 Å². The largest absolute Gasteiger partial charge is 0.309 e. The average Bonchev–Trinajstić information content (AvgIpc) is 3.68. The van der Waals surface area contributed by atoms with Crippen molar-refractivity contribution in [2.75, 3.05) is 4.90 Å². The van der Waals surface area contributed by atoms with Gasteiger partial charge in [-0.25, -0.2) is 0 Å². The molecule has 0 fully saturated rings. The van der Waals surface area contributed by atoms with Gasteiger partial charge < -0.3 is 4.90 Å². The van der Waals surface area contributed by atoms with Crippen LogP contribution in [0.1, 0.15) is 0 Å². The summed E-state index contributed by atoms with van der Waals surface area (Å²) in [6.45, 7) is 0. The van der Waals surface area contributed by atoms with Gasteiger partial charge in [0.1, 0.15) is 0 Å². The molecule has 0 saturated heterocycles. The summed E-state index contributed by atoms with van der Waals surface area (Å²) in [7, 11) is 0. The van der Waals surface area contributed by atoms with E-state index in [2.05, 4.69) is 169 Å². The van der Waals surface area contributed by atoms with E-state index in [9.17, 15) is 0 Å². The Labute approximate surface area is 269 Å². The first kappa shape index (κ1) is 26.2. The van der Waals surface area contributed by atoms with E-state index in [-0.39, 0.29) is 0 Å². The maximum atomic E-state index is 2.46. The molecule has 212 valence electrons. The number of nitrogens with zero attached hydrogens (tertiary/aromatic N) is 1. The molecule has 0 spiro atoms. The zero-order chi connectivity index (χ0) is 29.7. The van der Waals surface area contributed by atoms with E-state index in [4.69, 9.17) is 0 Å². The van der Waals surface area contributed by atoms with Crippen molar-refractivity contribution >= 4 is 80.1 Å². The molecule has 0 radical (unpaired) electrons. The van der Waals surface area contributed by atoms with Gasteiger partial charge in [-0.2, -0.15) is 0 Å². The third-order valence-corrected chi connectivity index (χ3v) is 11.0. The number of rotatable bonds is 5. The SMILES string of the molecule is c1ccc(-c2cccc(N(c3ccc4c(c3)sc3ccccc34)c3ccc(-c4ccccc4)c4c3sc3ccccc34)c2)cc1. The van der Waals surface area contributed by atoms with Crippen LogP contribution in [0.3, 0.4) is 0 Å². The van der Waals surface area contributed by atoms with Crippen molar-refractivity contribution in [1.29, 1.82) is 0 Å². The van der Waals surface area contributed by atoms with E-state index >= 15 is 0 Å². The molecular weight excluding hydrogens is 583 g/mol. The second-order valence-electron chi connectivity index (χ2n) is 11.3. The second kappa shape index (κ2) is 10.7. The Bertz CT molecular complexity index is 2490. The minimum atomic E-state index is 1.14. The van der Waals surface area contributed by atoms with Crippen molar-refractivity contribution in [3.8, 4) is 22.3 Å². The second-order valence-corrected chi connectivity index (χ2v) is 13.5. The molecule has 0 atom stereocenters. The highest BCUT2D eigenvalue weighted by Gasteiger charge is 2.22. The third-order valence-electron chi connectivity index (χ3n) is 8.66. The van der Waals surface area contributed by atoms with Crippen molar-refractivity contribution in [1.82, 2.24) is 0 Å². The number of hydrogen-bond donors (Lipinski definition) is 0. The monoisotopic (exact) mass is 609 g/mol. The van der Waals surface area contributed by atoms with E-state index in [1.807, 2.05) is 22.7 Å². The van der Waals surface area contributed by atoms with E-state index < -0.39 is 0 Å². The molecule has 0 aliphatic rings. The Morgan fingerprint density at radius 2 is 1.00 bits per heavy atom. The van der Waals surface area contributed by atoms with Crippen LogP contribution in [0, 0.1) is 0 Å². The van der Waals surface area contributed by atoms with Crippen LogP contribution in [0.2, 0.25) is 0 Å². The quantitative estimate of drug-likeness (QED) is 0.188. The zero-order valence-electron chi connectivity index (χ0n) is 24.4.